The molecule has 0 aliphatic heterocycles. The fourth-order valence-corrected chi connectivity index (χ4v) is 3.26. The average Bonchev–Trinajstić information content (AvgIpc) is 3.29. The number of oxazole rings is 1. The van der Waals surface area contributed by atoms with Gasteiger partial charge in [-0.05, 0) is 36.4 Å². The molecule has 2 heterocycles. The van der Waals surface area contributed by atoms with Crippen LogP contribution in [-0.2, 0) is 5.75 Å². The van der Waals surface area contributed by atoms with E-state index < -0.39 is 0 Å². The van der Waals surface area contributed by atoms with Crippen LogP contribution in [0.5, 0.6) is 0 Å². The second-order valence-corrected chi connectivity index (χ2v) is 6.86. The maximum Gasteiger partial charge on any atom is 0.226 e. The summed E-state index contributed by atoms with van der Waals surface area (Å²) in [5, 5.41) is 9.57. The highest BCUT2D eigenvalue weighted by Crippen LogP contribution is 2.26. The summed E-state index contributed by atoms with van der Waals surface area (Å²) in [7, 11) is 0. The Bertz CT molecular complexity index is 1010. The van der Waals surface area contributed by atoms with E-state index in [-0.39, 0.29) is 0 Å². The number of hydrogen-bond donors (Lipinski definition) is 1. The lowest BCUT2D eigenvalue weighted by Gasteiger charge is -2.03. The van der Waals surface area contributed by atoms with Crippen LogP contribution >= 0.6 is 23.4 Å². The zero-order valence-corrected chi connectivity index (χ0v) is 15.1. The number of benzene rings is 2. The van der Waals surface area contributed by atoms with Crippen LogP contribution in [-0.4, -0.2) is 19.9 Å². The molecule has 4 aromatic rings. The molecule has 6 nitrogen and oxygen atoms in total. The van der Waals surface area contributed by atoms with Gasteiger partial charge in [0.05, 0.1) is 5.69 Å². The fourth-order valence-electron chi connectivity index (χ4n) is 2.40. The molecule has 0 saturated carbocycles. The summed E-state index contributed by atoms with van der Waals surface area (Å²) in [4.78, 5) is 4.50. The number of nitrogens with zero attached hydrogens (tertiary/aromatic N) is 4. The van der Waals surface area contributed by atoms with Crippen LogP contribution in [0.2, 0.25) is 5.02 Å². The number of aromatic nitrogens is 4. The van der Waals surface area contributed by atoms with E-state index in [9.17, 15) is 0 Å². The number of thioether (sulfide) groups is 1. The van der Waals surface area contributed by atoms with Crippen LogP contribution in [0.3, 0.4) is 0 Å². The molecule has 0 aliphatic carbocycles. The SMILES string of the molecule is Nn1c(SCc2coc(-c3ccccc3)n2)nnc1-c1ccc(Cl)cc1. The van der Waals surface area contributed by atoms with Crippen molar-refractivity contribution in [2.24, 2.45) is 0 Å². The molecule has 4 rings (SSSR count). The molecule has 2 aromatic heterocycles. The second-order valence-electron chi connectivity index (χ2n) is 5.48. The Labute approximate surface area is 159 Å². The smallest absolute Gasteiger partial charge is 0.226 e. The molecule has 130 valence electrons. The summed E-state index contributed by atoms with van der Waals surface area (Å²) in [5.74, 6) is 7.88. The number of halogens is 1. The van der Waals surface area contributed by atoms with Gasteiger partial charge in [0.2, 0.25) is 11.0 Å². The lowest BCUT2D eigenvalue weighted by atomic mass is 10.2. The van der Waals surface area contributed by atoms with Crippen LogP contribution in [0.4, 0.5) is 0 Å². The van der Waals surface area contributed by atoms with E-state index in [0.29, 0.717) is 27.6 Å². The third-order valence-electron chi connectivity index (χ3n) is 3.69. The van der Waals surface area contributed by atoms with Gasteiger partial charge >= 0.3 is 0 Å². The fraction of sp³-hybridized carbons (Fsp3) is 0.0556. The standard InChI is InChI=1S/C18H14ClN5OS/c19-14-8-6-12(7-9-14)16-22-23-18(24(16)20)26-11-15-10-25-17(21-15)13-4-2-1-3-5-13/h1-10H,11,20H2. The molecule has 0 fully saturated rings. The summed E-state index contributed by atoms with van der Waals surface area (Å²) in [5.41, 5.74) is 2.60. The average molecular weight is 384 g/mol. The maximum absolute atomic E-state index is 6.13. The van der Waals surface area contributed by atoms with Crippen molar-refractivity contribution in [3.05, 3.63) is 71.6 Å². The molecule has 0 bridgehead atoms. The predicted molar refractivity (Wildman–Crippen MR) is 102 cm³/mol. The number of rotatable bonds is 5. The first-order chi connectivity index (χ1) is 12.7. The molecular formula is C18H14ClN5OS. The quantitative estimate of drug-likeness (QED) is 0.409. The third-order valence-corrected chi connectivity index (χ3v) is 4.92. The first kappa shape index (κ1) is 16.7. The summed E-state index contributed by atoms with van der Waals surface area (Å²) < 4.78 is 7.01. The lowest BCUT2D eigenvalue weighted by molar-refractivity contribution is 0.573. The van der Waals surface area contributed by atoms with E-state index in [0.717, 1.165) is 16.8 Å². The van der Waals surface area contributed by atoms with Gasteiger partial charge in [0.15, 0.2) is 5.82 Å². The number of hydrogen-bond acceptors (Lipinski definition) is 6. The van der Waals surface area contributed by atoms with Gasteiger partial charge in [0, 0.05) is 21.9 Å². The van der Waals surface area contributed by atoms with Crippen LogP contribution in [0, 0.1) is 0 Å². The van der Waals surface area contributed by atoms with Gasteiger partial charge in [-0.25, -0.2) is 9.66 Å². The highest BCUT2D eigenvalue weighted by molar-refractivity contribution is 7.98. The van der Waals surface area contributed by atoms with Gasteiger partial charge in [-0.2, -0.15) is 0 Å². The Morgan fingerprint density at radius 1 is 1.00 bits per heavy atom. The summed E-state index contributed by atoms with van der Waals surface area (Å²) in [6.45, 7) is 0. The molecule has 26 heavy (non-hydrogen) atoms. The Balaban J connectivity index is 1.47. The van der Waals surface area contributed by atoms with Crippen molar-refractivity contribution in [1.82, 2.24) is 19.9 Å². The van der Waals surface area contributed by atoms with E-state index in [4.69, 9.17) is 21.9 Å². The normalized spacial score (nSPS) is 11.0. The van der Waals surface area contributed by atoms with Gasteiger partial charge in [-0.1, -0.05) is 41.6 Å². The minimum Gasteiger partial charge on any atom is -0.444 e. The Morgan fingerprint density at radius 2 is 1.77 bits per heavy atom. The first-order valence-corrected chi connectivity index (χ1v) is 9.16. The van der Waals surface area contributed by atoms with Crippen molar-refractivity contribution < 1.29 is 4.42 Å². The predicted octanol–water partition coefficient (Wildman–Crippen LogP) is 4.26. The van der Waals surface area contributed by atoms with Crippen LogP contribution in [0.15, 0.2) is 70.4 Å². The Kier molecular flexibility index (Phi) is 4.64. The van der Waals surface area contributed by atoms with E-state index in [1.54, 1.807) is 18.4 Å². The van der Waals surface area contributed by atoms with Crippen molar-refractivity contribution in [3.63, 3.8) is 0 Å². The summed E-state index contributed by atoms with van der Waals surface area (Å²) in [6, 6.07) is 17.1. The van der Waals surface area contributed by atoms with Gasteiger partial charge in [0.1, 0.15) is 6.26 Å². The van der Waals surface area contributed by atoms with E-state index >= 15 is 0 Å². The second kappa shape index (κ2) is 7.23. The zero-order chi connectivity index (χ0) is 17.9. The molecule has 2 aromatic carbocycles. The molecule has 0 aliphatic rings. The summed E-state index contributed by atoms with van der Waals surface area (Å²) >= 11 is 7.36. The van der Waals surface area contributed by atoms with Gasteiger partial charge in [-0.15, -0.1) is 10.2 Å². The molecule has 0 spiro atoms. The molecule has 0 saturated heterocycles. The van der Waals surface area contributed by atoms with Crippen LogP contribution < -0.4 is 5.84 Å². The third kappa shape index (κ3) is 3.44. The number of nitrogen functional groups attached to an aromatic ring is 1. The lowest BCUT2D eigenvalue weighted by Crippen LogP contribution is -2.11. The Morgan fingerprint density at radius 3 is 2.54 bits per heavy atom. The molecule has 0 radical (unpaired) electrons. The molecule has 0 atom stereocenters. The van der Waals surface area contributed by atoms with Gasteiger partial charge < -0.3 is 10.3 Å². The van der Waals surface area contributed by atoms with E-state index in [2.05, 4.69) is 15.2 Å². The molecule has 8 heteroatoms. The minimum absolute atomic E-state index is 0.576. The van der Waals surface area contributed by atoms with Gasteiger partial charge in [0.25, 0.3) is 0 Å². The van der Waals surface area contributed by atoms with Crippen LogP contribution in [0.1, 0.15) is 5.69 Å². The summed E-state index contributed by atoms with van der Waals surface area (Å²) in [6.07, 6.45) is 1.65. The maximum atomic E-state index is 6.13. The van der Waals surface area contributed by atoms with Crippen molar-refractivity contribution in [3.8, 4) is 22.8 Å². The monoisotopic (exact) mass is 383 g/mol. The minimum atomic E-state index is 0.576. The highest BCUT2D eigenvalue weighted by Gasteiger charge is 2.14. The zero-order valence-electron chi connectivity index (χ0n) is 13.5. The Hall–Kier alpha value is -2.77. The van der Waals surface area contributed by atoms with Crippen molar-refractivity contribution in [1.29, 1.82) is 0 Å². The first-order valence-electron chi connectivity index (χ1n) is 7.80. The highest BCUT2D eigenvalue weighted by atomic mass is 35.5. The molecular weight excluding hydrogens is 370 g/mol. The molecule has 0 amide bonds. The van der Waals surface area contributed by atoms with Crippen molar-refractivity contribution in [2.75, 3.05) is 5.84 Å². The van der Waals surface area contributed by atoms with Gasteiger partial charge in [-0.3, -0.25) is 0 Å². The number of nitrogens with two attached hydrogens (primary N) is 1. The molecule has 0 unspecified atom stereocenters. The van der Waals surface area contributed by atoms with E-state index in [1.807, 2.05) is 42.5 Å². The largest absolute Gasteiger partial charge is 0.444 e. The van der Waals surface area contributed by atoms with Crippen molar-refractivity contribution in [2.45, 2.75) is 10.9 Å². The topological polar surface area (TPSA) is 82.8 Å². The van der Waals surface area contributed by atoms with E-state index in [1.165, 1.54) is 16.4 Å². The molecule has 2 N–H and O–H groups in total. The van der Waals surface area contributed by atoms with Crippen LogP contribution in [0.25, 0.3) is 22.8 Å². The van der Waals surface area contributed by atoms with Crippen molar-refractivity contribution >= 4 is 23.4 Å².